The van der Waals surface area contributed by atoms with Crippen LogP contribution in [0.2, 0.25) is 0 Å². The van der Waals surface area contributed by atoms with Crippen LogP contribution in [0.4, 0.5) is 13.2 Å². The number of pyridine rings is 1. The third-order valence-electron chi connectivity index (χ3n) is 4.21. The predicted octanol–water partition coefficient (Wildman–Crippen LogP) is 1.44. The van der Waals surface area contributed by atoms with Crippen LogP contribution in [0.25, 0.3) is 11.1 Å². The maximum absolute atomic E-state index is 13.1. The van der Waals surface area contributed by atoms with Crippen molar-refractivity contribution < 1.29 is 31.5 Å². The molecule has 12 heteroatoms. The Hall–Kier alpha value is -3.01. The van der Waals surface area contributed by atoms with Gasteiger partial charge < -0.3 is 10.4 Å². The average molecular weight is 456 g/mol. The molecule has 0 unspecified atom stereocenters. The number of amides is 1. The van der Waals surface area contributed by atoms with Gasteiger partial charge in [0.15, 0.2) is 5.75 Å². The number of aliphatic hydroxyl groups is 1. The van der Waals surface area contributed by atoms with Gasteiger partial charge in [-0.1, -0.05) is 30.3 Å². The number of sulfonamides is 1. The summed E-state index contributed by atoms with van der Waals surface area (Å²) in [6.45, 7) is -1.31. The average Bonchev–Trinajstić information content (AvgIpc) is 2.76. The van der Waals surface area contributed by atoms with Crippen molar-refractivity contribution in [2.75, 3.05) is 12.4 Å². The van der Waals surface area contributed by atoms with Crippen LogP contribution < -0.4 is 10.0 Å². The second kappa shape index (κ2) is 10.9. The molecule has 0 aliphatic heterocycles. The van der Waals surface area contributed by atoms with E-state index in [9.17, 15) is 31.5 Å². The van der Waals surface area contributed by atoms with E-state index in [1.165, 1.54) is 18.3 Å². The zero-order chi connectivity index (χ0) is 23.0. The first-order valence-corrected chi connectivity index (χ1v) is 10.5. The maximum Gasteiger partial charge on any atom is 0.315 e. The summed E-state index contributed by atoms with van der Waals surface area (Å²) in [7, 11) is -3.70. The van der Waals surface area contributed by atoms with E-state index in [1.807, 2.05) is 0 Å². The molecule has 0 saturated carbocycles. The van der Waals surface area contributed by atoms with Crippen LogP contribution in [-0.4, -0.2) is 49.3 Å². The second-order valence-electron chi connectivity index (χ2n) is 6.41. The Balaban J connectivity index is 2.05. The van der Waals surface area contributed by atoms with E-state index in [1.54, 1.807) is 35.7 Å². The van der Waals surface area contributed by atoms with Gasteiger partial charge in [0.2, 0.25) is 10.0 Å². The van der Waals surface area contributed by atoms with Crippen LogP contribution in [0.3, 0.4) is 0 Å². The molecule has 0 radical (unpaired) electrons. The molecule has 8 nitrogen and oxygen atoms in total. The molecule has 2 rings (SSSR count). The number of aliphatic hydroxyl groups excluding tert-OH is 1. The number of nitrogens with zero attached hydrogens (tertiary/aromatic N) is 2. The molecule has 166 valence electrons. The lowest BCUT2D eigenvalue weighted by molar-refractivity contribution is -0.133. The van der Waals surface area contributed by atoms with Crippen molar-refractivity contribution >= 4 is 15.9 Å². The molecule has 1 aromatic heterocycles. The summed E-state index contributed by atoms with van der Waals surface area (Å²) in [5.74, 6) is -2.32. The van der Waals surface area contributed by atoms with E-state index in [-0.39, 0.29) is 12.1 Å². The van der Waals surface area contributed by atoms with Crippen LogP contribution >= 0.6 is 0 Å². The van der Waals surface area contributed by atoms with Gasteiger partial charge in [0.25, 0.3) is 5.91 Å². The highest BCUT2D eigenvalue weighted by atomic mass is 32.2. The molecule has 2 atom stereocenters. The zero-order valence-electron chi connectivity index (χ0n) is 16.0. The molecular weight excluding hydrogens is 437 g/mol. The van der Waals surface area contributed by atoms with Crippen molar-refractivity contribution in [2.24, 2.45) is 0 Å². The number of benzene rings is 1. The molecule has 1 amide bonds. The van der Waals surface area contributed by atoms with Gasteiger partial charge in [0.05, 0.1) is 24.3 Å². The number of carbonyl (C=O) groups excluding carboxylic acids is 1. The topological polar surface area (TPSA) is 132 Å². The fraction of sp³-hybridized carbons (Fsp3) is 0.316. The van der Waals surface area contributed by atoms with Crippen LogP contribution in [-0.2, 0) is 21.4 Å². The lowest BCUT2D eigenvalue weighted by atomic mass is 9.99. The molecule has 3 N–H and O–H groups in total. The Labute approximate surface area is 176 Å². The van der Waals surface area contributed by atoms with Gasteiger partial charge in [-0.05, 0) is 17.2 Å². The fourth-order valence-corrected chi connectivity index (χ4v) is 3.21. The summed E-state index contributed by atoms with van der Waals surface area (Å²) in [4.78, 5) is 15.2. The molecule has 0 spiro atoms. The number of halogens is 3. The zero-order valence-corrected chi connectivity index (χ0v) is 16.8. The lowest BCUT2D eigenvalue weighted by Gasteiger charge is -2.22. The van der Waals surface area contributed by atoms with Crippen LogP contribution in [0, 0.1) is 11.3 Å². The highest BCUT2D eigenvalue weighted by molar-refractivity contribution is 7.89. The molecule has 0 bridgehead atoms. The molecule has 1 aromatic carbocycles. The highest BCUT2D eigenvalue weighted by Crippen LogP contribution is 2.23. The summed E-state index contributed by atoms with van der Waals surface area (Å²) < 4.78 is 63.0. The molecular formula is C19H19F3N4O4S. The molecule has 0 fully saturated rings. The fourth-order valence-electron chi connectivity index (χ4n) is 2.57. The molecule has 31 heavy (non-hydrogen) atoms. The largest absolute Gasteiger partial charge is 0.386 e. The number of aromatic nitrogens is 1. The Morgan fingerprint density at radius 2 is 1.81 bits per heavy atom. The summed E-state index contributed by atoms with van der Waals surface area (Å²) in [5.41, 5.74) is 1.99. The van der Waals surface area contributed by atoms with Gasteiger partial charge in [-0.2, -0.15) is 14.0 Å². The minimum Gasteiger partial charge on any atom is -0.386 e. The number of hydrogen-bond acceptors (Lipinski definition) is 6. The van der Waals surface area contributed by atoms with Crippen LogP contribution in [0.1, 0.15) is 17.4 Å². The van der Waals surface area contributed by atoms with E-state index in [0.717, 1.165) is 0 Å². The summed E-state index contributed by atoms with van der Waals surface area (Å²) in [6, 6.07) is 9.41. The van der Waals surface area contributed by atoms with Crippen molar-refractivity contribution in [3.63, 3.8) is 0 Å². The van der Waals surface area contributed by atoms with Gasteiger partial charge in [-0.3, -0.25) is 9.78 Å². The third-order valence-corrected chi connectivity index (χ3v) is 5.30. The number of nitrogens with one attached hydrogen (secondary N) is 2. The van der Waals surface area contributed by atoms with E-state index in [4.69, 9.17) is 5.26 Å². The summed E-state index contributed by atoms with van der Waals surface area (Å²) in [6.07, 6.45) is -3.35. The summed E-state index contributed by atoms with van der Waals surface area (Å²) in [5, 5.41) is 20.4. The summed E-state index contributed by atoms with van der Waals surface area (Å²) >= 11 is 0. The SMILES string of the molecule is N#CCS(=O)(=O)NCc1ccc(-c2ccc([C@@H](O)[C@@H](CF)NC(=O)C(F)F)cc2)cn1. The maximum atomic E-state index is 13.1. The van der Waals surface area contributed by atoms with Crippen molar-refractivity contribution in [1.29, 1.82) is 5.26 Å². The van der Waals surface area contributed by atoms with E-state index < -0.39 is 46.9 Å². The number of rotatable bonds is 10. The smallest absolute Gasteiger partial charge is 0.315 e. The van der Waals surface area contributed by atoms with Crippen LogP contribution in [0.5, 0.6) is 0 Å². The molecule has 0 aliphatic carbocycles. The quantitative estimate of drug-likeness (QED) is 0.496. The molecule has 0 aliphatic rings. The van der Waals surface area contributed by atoms with Gasteiger partial charge >= 0.3 is 6.43 Å². The first kappa shape index (κ1) is 24.3. The van der Waals surface area contributed by atoms with Crippen molar-refractivity contribution in [3.8, 4) is 17.2 Å². The van der Waals surface area contributed by atoms with Gasteiger partial charge in [-0.25, -0.2) is 17.5 Å². The molecule has 1 heterocycles. The van der Waals surface area contributed by atoms with Gasteiger partial charge in [0, 0.05) is 11.8 Å². The van der Waals surface area contributed by atoms with E-state index in [0.29, 0.717) is 16.8 Å². The Kier molecular flexibility index (Phi) is 8.49. The van der Waals surface area contributed by atoms with Gasteiger partial charge in [-0.15, -0.1) is 0 Å². The Morgan fingerprint density at radius 1 is 1.16 bits per heavy atom. The minimum absolute atomic E-state index is 0.0790. The minimum atomic E-state index is -3.70. The van der Waals surface area contributed by atoms with Crippen molar-refractivity contribution in [3.05, 3.63) is 53.9 Å². The number of hydrogen-bond donors (Lipinski definition) is 3. The highest BCUT2D eigenvalue weighted by Gasteiger charge is 2.26. The van der Waals surface area contributed by atoms with Crippen molar-refractivity contribution in [1.82, 2.24) is 15.0 Å². The first-order valence-electron chi connectivity index (χ1n) is 8.89. The van der Waals surface area contributed by atoms with Gasteiger partial charge in [0.1, 0.15) is 12.8 Å². The second-order valence-corrected chi connectivity index (χ2v) is 8.22. The Morgan fingerprint density at radius 3 is 2.32 bits per heavy atom. The van der Waals surface area contributed by atoms with E-state index >= 15 is 0 Å². The normalized spacial score (nSPS) is 13.4. The van der Waals surface area contributed by atoms with Crippen LogP contribution in [0.15, 0.2) is 42.6 Å². The number of nitriles is 1. The number of alkyl halides is 3. The first-order chi connectivity index (χ1) is 14.7. The molecule has 2 aromatic rings. The van der Waals surface area contributed by atoms with E-state index in [2.05, 4.69) is 9.71 Å². The van der Waals surface area contributed by atoms with Crippen molar-refractivity contribution in [2.45, 2.75) is 25.1 Å². The lowest BCUT2D eigenvalue weighted by Crippen LogP contribution is -2.43. The number of carbonyl (C=O) groups is 1. The molecule has 0 saturated heterocycles. The predicted molar refractivity (Wildman–Crippen MR) is 105 cm³/mol. The standard InChI is InChI=1S/C19H19F3N4O4S/c20-9-16(26-19(28)18(21)22)17(27)13-3-1-12(2-4-13)14-5-6-15(24-10-14)11-25-31(29,30)8-7-23/h1-6,10,16-18,25,27H,8-9,11H2,(H,26,28)/t16-,17-/m1/s1. The third kappa shape index (κ3) is 7.02. The monoisotopic (exact) mass is 456 g/mol. The Bertz CT molecular complexity index is 1030.